The predicted molar refractivity (Wildman–Crippen MR) is 166 cm³/mol. The normalized spacial score (nSPS) is 23.5. The molecule has 43 heavy (non-hydrogen) atoms. The summed E-state index contributed by atoms with van der Waals surface area (Å²) in [4.78, 5) is 14.0. The van der Waals surface area contributed by atoms with Crippen LogP contribution in [0.4, 0.5) is 5.82 Å². The summed E-state index contributed by atoms with van der Waals surface area (Å²) in [5, 5.41) is 35.4. The van der Waals surface area contributed by atoms with Crippen LogP contribution >= 0.6 is 19.6 Å². The maximum absolute atomic E-state index is 12.4. The van der Waals surface area contributed by atoms with Gasteiger partial charge in [0.2, 0.25) is 5.60 Å². The molecule has 0 aromatic carbocycles. The Bertz CT molecular complexity index is 1200. The van der Waals surface area contributed by atoms with Gasteiger partial charge in [0.05, 0.1) is 18.9 Å². The van der Waals surface area contributed by atoms with E-state index in [9.17, 15) is 24.9 Å². The maximum atomic E-state index is 12.4. The van der Waals surface area contributed by atoms with Gasteiger partial charge in [0, 0.05) is 0 Å². The van der Waals surface area contributed by atoms with E-state index in [0.717, 1.165) is 11.5 Å². The van der Waals surface area contributed by atoms with E-state index in [-0.39, 0.29) is 18.1 Å². The van der Waals surface area contributed by atoms with Crippen molar-refractivity contribution in [3.8, 4) is 6.07 Å². The first-order valence-electron chi connectivity index (χ1n) is 15.5. The topological polar surface area (TPSA) is 185 Å². The second-order valence-corrected chi connectivity index (χ2v) is 13.7. The molecule has 0 amide bonds. The molecule has 1 aliphatic rings. The highest BCUT2D eigenvalue weighted by Crippen LogP contribution is 2.46. The van der Waals surface area contributed by atoms with Gasteiger partial charge >= 0.3 is 7.82 Å². The van der Waals surface area contributed by atoms with Crippen molar-refractivity contribution in [1.29, 1.82) is 5.26 Å². The van der Waals surface area contributed by atoms with E-state index in [1.54, 1.807) is 17.8 Å². The van der Waals surface area contributed by atoms with Crippen molar-refractivity contribution in [1.82, 2.24) is 14.6 Å². The average Bonchev–Trinajstić information content (AvgIpc) is 3.54. The molecular formula is C29H48N5O7PS. The molecule has 0 saturated carbocycles. The summed E-state index contributed by atoms with van der Waals surface area (Å²) in [7, 11) is -4.44. The number of fused-ring (bicyclic) bond motifs is 1. The molecule has 2 aromatic rings. The molecule has 0 spiro atoms. The minimum atomic E-state index is -4.44. The Morgan fingerprint density at radius 2 is 1.67 bits per heavy atom. The molecular weight excluding hydrogens is 593 g/mol. The van der Waals surface area contributed by atoms with Gasteiger partial charge in [-0.3, -0.25) is 9.05 Å². The number of rotatable bonds is 22. The van der Waals surface area contributed by atoms with Crippen LogP contribution in [0.25, 0.3) is 5.52 Å². The van der Waals surface area contributed by atoms with Crippen LogP contribution in [0.15, 0.2) is 18.5 Å². The van der Waals surface area contributed by atoms with Gasteiger partial charge < -0.3 is 25.6 Å². The third-order valence-corrected chi connectivity index (χ3v) is 9.86. The minimum absolute atomic E-state index is 0.0370. The van der Waals surface area contributed by atoms with E-state index in [1.165, 1.54) is 94.0 Å². The molecule has 14 heteroatoms. The summed E-state index contributed by atoms with van der Waals surface area (Å²) in [5.74, 6) is 2.02. The lowest BCUT2D eigenvalue weighted by molar-refractivity contribution is -0.0642. The van der Waals surface area contributed by atoms with Crippen LogP contribution in [0.3, 0.4) is 0 Å². The van der Waals surface area contributed by atoms with Gasteiger partial charge in [-0.15, -0.1) is 0 Å². The van der Waals surface area contributed by atoms with E-state index in [0.29, 0.717) is 11.9 Å². The zero-order chi connectivity index (χ0) is 31.1. The molecule has 0 radical (unpaired) electrons. The summed E-state index contributed by atoms with van der Waals surface area (Å²) in [6, 6.07) is 4.95. The minimum Gasteiger partial charge on any atom is -0.387 e. The van der Waals surface area contributed by atoms with Crippen LogP contribution in [-0.2, 0) is 24.0 Å². The van der Waals surface area contributed by atoms with Crippen molar-refractivity contribution in [2.24, 2.45) is 0 Å². The van der Waals surface area contributed by atoms with E-state index < -0.39 is 38.3 Å². The standard InChI is InChI=1S/C29H48N5O7PS/c1-2-3-4-5-6-7-8-9-10-11-12-13-18-43-19-14-17-39-42(37,38)40-20-24-26(35)27(36)29(21-30,41-24)25-16-15-23-28(31)32-22-33-34(23)25/h15-16,22,24,26-27,35-36H,2-14,17-20H2,1H3,(H,37,38)(H2,31,32,33)/t24?,26-,27-,29+/m1/s1. The number of hydrogen-bond acceptors (Lipinski definition) is 11. The van der Waals surface area contributed by atoms with Crippen LogP contribution in [-0.4, -0.2) is 72.7 Å². The number of nitrogens with two attached hydrogens (primary N) is 1. The van der Waals surface area contributed by atoms with Crippen LogP contribution in [0.5, 0.6) is 0 Å². The number of phosphoric ester groups is 1. The van der Waals surface area contributed by atoms with Crippen molar-refractivity contribution in [3.05, 3.63) is 24.2 Å². The number of nitrogens with zero attached hydrogens (tertiary/aromatic N) is 4. The fourth-order valence-corrected chi connectivity index (χ4v) is 6.95. The Morgan fingerprint density at radius 3 is 2.33 bits per heavy atom. The molecule has 0 aliphatic carbocycles. The summed E-state index contributed by atoms with van der Waals surface area (Å²) in [6.45, 7) is 1.71. The molecule has 1 aliphatic heterocycles. The first kappa shape index (κ1) is 35.7. The van der Waals surface area contributed by atoms with E-state index in [2.05, 4.69) is 17.0 Å². The van der Waals surface area contributed by atoms with E-state index in [4.69, 9.17) is 19.5 Å². The lowest BCUT2D eigenvalue weighted by Crippen LogP contribution is -2.41. The molecule has 12 nitrogen and oxygen atoms in total. The number of nitriles is 1. The molecule has 5 atom stereocenters. The number of ether oxygens (including phenoxy) is 1. The molecule has 1 saturated heterocycles. The SMILES string of the molecule is CCCCCCCCCCCCCCSCCCOP(=O)(O)OCC1O[C@@](C#N)(c2ccc3c(N)ncnn23)[C@H](O)[C@@H]1O. The van der Waals surface area contributed by atoms with E-state index in [1.807, 2.05) is 6.07 Å². The molecule has 5 N–H and O–H groups in total. The fraction of sp³-hybridized carbons (Fsp3) is 0.759. The molecule has 0 bridgehead atoms. The summed E-state index contributed by atoms with van der Waals surface area (Å²) < 4.78 is 29.6. The van der Waals surface area contributed by atoms with Gasteiger partial charge in [-0.25, -0.2) is 14.1 Å². The highest BCUT2D eigenvalue weighted by molar-refractivity contribution is 7.99. The van der Waals surface area contributed by atoms with Crippen LogP contribution in [0.1, 0.15) is 96.1 Å². The highest BCUT2D eigenvalue weighted by Gasteiger charge is 2.58. The van der Waals surface area contributed by atoms with Crippen LogP contribution in [0.2, 0.25) is 0 Å². The van der Waals surface area contributed by atoms with Crippen molar-refractivity contribution in [2.75, 3.05) is 30.5 Å². The number of nitrogen functional groups attached to an aromatic ring is 1. The van der Waals surface area contributed by atoms with Crippen molar-refractivity contribution in [2.45, 2.75) is 114 Å². The number of aliphatic hydroxyl groups is 2. The number of aromatic nitrogens is 3. The summed E-state index contributed by atoms with van der Waals surface area (Å²) in [6.07, 6.45) is 13.1. The van der Waals surface area contributed by atoms with Crippen molar-refractivity contribution >= 4 is 30.9 Å². The lowest BCUT2D eigenvalue weighted by atomic mass is 9.92. The fourth-order valence-electron chi connectivity index (χ4n) is 5.24. The largest absolute Gasteiger partial charge is 0.472 e. The zero-order valence-corrected chi connectivity index (χ0v) is 26.9. The molecule has 2 aromatic heterocycles. The Kier molecular flexibility index (Phi) is 15.2. The van der Waals surface area contributed by atoms with Gasteiger partial charge in [-0.2, -0.15) is 22.1 Å². The number of anilines is 1. The number of phosphoric acid groups is 1. The maximum Gasteiger partial charge on any atom is 0.472 e. The number of aliphatic hydroxyl groups excluding tert-OH is 2. The second-order valence-electron chi connectivity index (χ2n) is 11.1. The number of hydrogen-bond donors (Lipinski definition) is 4. The Morgan fingerprint density at radius 1 is 1.05 bits per heavy atom. The lowest BCUT2D eigenvalue weighted by Gasteiger charge is -2.24. The summed E-state index contributed by atoms with van der Waals surface area (Å²) >= 11 is 1.80. The van der Waals surface area contributed by atoms with Crippen LogP contribution in [0, 0.1) is 11.3 Å². The van der Waals surface area contributed by atoms with Crippen molar-refractivity contribution in [3.63, 3.8) is 0 Å². The number of unbranched alkanes of at least 4 members (excludes halogenated alkanes) is 11. The van der Waals surface area contributed by atoms with Gasteiger partial charge in [0.25, 0.3) is 0 Å². The van der Waals surface area contributed by atoms with Gasteiger partial charge in [-0.05, 0) is 36.5 Å². The quantitative estimate of drug-likeness (QED) is 0.0985. The molecule has 3 rings (SSSR count). The molecule has 3 heterocycles. The highest BCUT2D eigenvalue weighted by atomic mass is 32.2. The Hall–Kier alpha value is -1.75. The Labute approximate surface area is 258 Å². The molecule has 242 valence electrons. The van der Waals surface area contributed by atoms with Crippen LogP contribution < -0.4 is 5.73 Å². The molecule has 1 fully saturated rings. The first-order valence-corrected chi connectivity index (χ1v) is 18.1. The first-order chi connectivity index (χ1) is 20.8. The van der Waals surface area contributed by atoms with Gasteiger partial charge in [0.15, 0.2) is 5.82 Å². The van der Waals surface area contributed by atoms with Gasteiger partial charge in [0.1, 0.15) is 36.2 Å². The zero-order valence-electron chi connectivity index (χ0n) is 25.2. The number of thioether (sulfide) groups is 1. The van der Waals surface area contributed by atoms with Gasteiger partial charge in [-0.1, -0.05) is 77.6 Å². The van der Waals surface area contributed by atoms with Crippen molar-refractivity contribution < 1.29 is 33.5 Å². The third kappa shape index (κ3) is 10.4. The predicted octanol–water partition coefficient (Wildman–Crippen LogP) is 5.11. The average molecular weight is 642 g/mol. The second kappa shape index (κ2) is 18.3. The Balaban J connectivity index is 1.28. The monoisotopic (exact) mass is 641 g/mol. The van der Waals surface area contributed by atoms with E-state index >= 15 is 0 Å². The smallest absolute Gasteiger partial charge is 0.387 e. The molecule has 2 unspecified atom stereocenters. The summed E-state index contributed by atoms with van der Waals surface area (Å²) in [5.41, 5.74) is 4.34. The third-order valence-electron chi connectivity index (χ3n) is 7.72.